The standard InChI is InChI=1S/C25H26N2O2/c28-25(22-11-13-23(14-12-22)27-15-17-29-18-16-27)26-19-24(20-7-3-1-4-8-20)21-9-5-2-6-10-21/h1-14,24H,15-19H2,(H,26,28). The molecule has 0 saturated carbocycles. The van der Waals surface area contributed by atoms with Crippen LogP contribution in [0.5, 0.6) is 0 Å². The predicted octanol–water partition coefficient (Wildman–Crippen LogP) is 4.09. The third kappa shape index (κ3) is 4.84. The van der Waals surface area contributed by atoms with E-state index in [4.69, 9.17) is 4.74 Å². The van der Waals surface area contributed by atoms with Crippen molar-refractivity contribution in [1.29, 1.82) is 0 Å². The highest BCUT2D eigenvalue weighted by Gasteiger charge is 2.16. The van der Waals surface area contributed by atoms with Crippen molar-refractivity contribution in [1.82, 2.24) is 5.32 Å². The first-order valence-corrected chi connectivity index (χ1v) is 10.1. The summed E-state index contributed by atoms with van der Waals surface area (Å²) in [5.74, 6) is 0.0735. The molecule has 0 spiro atoms. The van der Waals surface area contributed by atoms with Gasteiger partial charge in [0, 0.05) is 36.8 Å². The number of morpholine rings is 1. The lowest BCUT2D eigenvalue weighted by atomic mass is 9.91. The zero-order valence-corrected chi connectivity index (χ0v) is 16.5. The highest BCUT2D eigenvalue weighted by atomic mass is 16.5. The zero-order valence-electron chi connectivity index (χ0n) is 16.5. The molecule has 4 nitrogen and oxygen atoms in total. The minimum atomic E-state index is -0.0459. The second-order valence-corrected chi connectivity index (χ2v) is 7.23. The molecule has 0 bridgehead atoms. The molecule has 1 amide bonds. The lowest BCUT2D eigenvalue weighted by Gasteiger charge is -2.28. The zero-order chi connectivity index (χ0) is 19.9. The molecule has 1 heterocycles. The number of hydrogen-bond donors (Lipinski definition) is 1. The summed E-state index contributed by atoms with van der Waals surface area (Å²) in [7, 11) is 0. The molecule has 0 aromatic heterocycles. The van der Waals surface area contributed by atoms with Crippen molar-refractivity contribution >= 4 is 11.6 Å². The molecule has 1 fully saturated rings. The van der Waals surface area contributed by atoms with Crippen molar-refractivity contribution in [2.24, 2.45) is 0 Å². The maximum Gasteiger partial charge on any atom is 0.251 e. The Kier molecular flexibility index (Phi) is 6.22. The Hall–Kier alpha value is -3.11. The van der Waals surface area contributed by atoms with Crippen LogP contribution >= 0.6 is 0 Å². The summed E-state index contributed by atoms with van der Waals surface area (Å²) in [6.07, 6.45) is 0. The molecule has 4 rings (SSSR count). The van der Waals surface area contributed by atoms with Gasteiger partial charge in [0.2, 0.25) is 0 Å². The molecule has 4 heteroatoms. The molecule has 3 aromatic rings. The average Bonchev–Trinajstić information content (AvgIpc) is 2.81. The van der Waals surface area contributed by atoms with E-state index >= 15 is 0 Å². The summed E-state index contributed by atoms with van der Waals surface area (Å²) in [5.41, 5.74) is 4.21. The summed E-state index contributed by atoms with van der Waals surface area (Å²) in [5, 5.41) is 3.12. The Morgan fingerprint density at radius 1 is 0.828 bits per heavy atom. The Balaban J connectivity index is 1.44. The number of rotatable bonds is 6. The van der Waals surface area contributed by atoms with Crippen molar-refractivity contribution in [3.8, 4) is 0 Å². The Morgan fingerprint density at radius 2 is 1.38 bits per heavy atom. The number of nitrogens with one attached hydrogen (secondary N) is 1. The fourth-order valence-electron chi connectivity index (χ4n) is 3.74. The first kappa shape index (κ1) is 19.2. The van der Waals surface area contributed by atoms with E-state index in [0.717, 1.165) is 32.0 Å². The quantitative estimate of drug-likeness (QED) is 0.694. The van der Waals surface area contributed by atoms with Crippen LogP contribution in [0.2, 0.25) is 0 Å². The normalized spacial score (nSPS) is 14.0. The third-order valence-corrected chi connectivity index (χ3v) is 5.38. The number of benzene rings is 3. The Bertz CT molecular complexity index is 865. The van der Waals surface area contributed by atoms with Crippen molar-refractivity contribution < 1.29 is 9.53 Å². The van der Waals surface area contributed by atoms with Crippen LogP contribution < -0.4 is 10.2 Å². The molecule has 1 aliphatic rings. The molecule has 3 aromatic carbocycles. The van der Waals surface area contributed by atoms with Crippen molar-refractivity contribution in [2.45, 2.75) is 5.92 Å². The highest BCUT2D eigenvalue weighted by Crippen LogP contribution is 2.24. The number of anilines is 1. The lowest BCUT2D eigenvalue weighted by molar-refractivity contribution is 0.0952. The number of carbonyl (C=O) groups excluding carboxylic acids is 1. The Labute approximate surface area is 172 Å². The smallest absolute Gasteiger partial charge is 0.251 e. The molecular formula is C25H26N2O2. The number of amides is 1. The minimum absolute atomic E-state index is 0.0459. The molecular weight excluding hydrogens is 360 g/mol. The molecule has 0 aliphatic carbocycles. The molecule has 148 valence electrons. The molecule has 29 heavy (non-hydrogen) atoms. The van der Waals surface area contributed by atoms with Gasteiger partial charge in [0.15, 0.2) is 0 Å². The summed E-state index contributed by atoms with van der Waals surface area (Å²) < 4.78 is 5.40. The number of hydrogen-bond acceptors (Lipinski definition) is 3. The van der Waals surface area contributed by atoms with Gasteiger partial charge in [0.05, 0.1) is 13.2 Å². The van der Waals surface area contributed by atoms with Crippen LogP contribution in [0, 0.1) is 0 Å². The maximum absolute atomic E-state index is 12.8. The van der Waals surface area contributed by atoms with Crippen LogP contribution in [0.4, 0.5) is 5.69 Å². The van der Waals surface area contributed by atoms with E-state index in [9.17, 15) is 4.79 Å². The van der Waals surface area contributed by atoms with Crippen LogP contribution in [0.25, 0.3) is 0 Å². The van der Waals surface area contributed by atoms with Crippen LogP contribution in [-0.4, -0.2) is 38.8 Å². The number of nitrogens with zero attached hydrogens (tertiary/aromatic N) is 1. The van der Waals surface area contributed by atoms with Gasteiger partial charge in [-0.05, 0) is 35.4 Å². The Morgan fingerprint density at radius 3 is 1.93 bits per heavy atom. The summed E-state index contributed by atoms with van der Waals surface area (Å²) >= 11 is 0. The first-order chi connectivity index (χ1) is 14.3. The molecule has 1 aliphatic heterocycles. The monoisotopic (exact) mass is 386 g/mol. The summed E-state index contributed by atoms with van der Waals surface area (Å²) in [4.78, 5) is 15.0. The average molecular weight is 386 g/mol. The molecule has 0 atom stereocenters. The molecule has 1 N–H and O–H groups in total. The van der Waals surface area contributed by atoms with Crippen LogP contribution in [0.15, 0.2) is 84.9 Å². The number of ether oxygens (including phenoxy) is 1. The maximum atomic E-state index is 12.8. The van der Waals surface area contributed by atoms with E-state index in [2.05, 4.69) is 34.5 Å². The van der Waals surface area contributed by atoms with Crippen molar-refractivity contribution in [2.75, 3.05) is 37.7 Å². The highest BCUT2D eigenvalue weighted by molar-refractivity contribution is 5.94. The SMILES string of the molecule is O=C(NCC(c1ccccc1)c1ccccc1)c1ccc(N2CCOCC2)cc1. The van der Waals surface area contributed by atoms with E-state index < -0.39 is 0 Å². The van der Waals surface area contributed by atoms with Crippen LogP contribution in [0.1, 0.15) is 27.4 Å². The van der Waals surface area contributed by atoms with Gasteiger partial charge in [-0.2, -0.15) is 0 Å². The predicted molar refractivity (Wildman–Crippen MR) is 117 cm³/mol. The van der Waals surface area contributed by atoms with Crippen LogP contribution in [-0.2, 0) is 4.74 Å². The summed E-state index contributed by atoms with van der Waals surface area (Å²) in [6.45, 7) is 3.84. The topological polar surface area (TPSA) is 41.6 Å². The first-order valence-electron chi connectivity index (χ1n) is 10.1. The van der Waals surface area contributed by atoms with E-state index in [0.29, 0.717) is 12.1 Å². The second-order valence-electron chi connectivity index (χ2n) is 7.23. The van der Waals surface area contributed by atoms with Crippen molar-refractivity contribution in [3.63, 3.8) is 0 Å². The van der Waals surface area contributed by atoms with E-state index in [1.54, 1.807) is 0 Å². The van der Waals surface area contributed by atoms with Gasteiger partial charge in [-0.25, -0.2) is 0 Å². The fraction of sp³-hybridized carbons (Fsp3) is 0.240. The van der Waals surface area contributed by atoms with Gasteiger partial charge in [-0.1, -0.05) is 60.7 Å². The van der Waals surface area contributed by atoms with Crippen molar-refractivity contribution in [3.05, 3.63) is 102 Å². The van der Waals surface area contributed by atoms with Gasteiger partial charge in [-0.3, -0.25) is 4.79 Å². The van der Waals surface area contributed by atoms with Gasteiger partial charge in [-0.15, -0.1) is 0 Å². The van der Waals surface area contributed by atoms with E-state index in [1.807, 2.05) is 60.7 Å². The van der Waals surface area contributed by atoms with Gasteiger partial charge < -0.3 is 15.0 Å². The fourth-order valence-corrected chi connectivity index (χ4v) is 3.74. The third-order valence-electron chi connectivity index (χ3n) is 5.38. The molecule has 0 unspecified atom stereocenters. The van der Waals surface area contributed by atoms with Gasteiger partial charge in [0.25, 0.3) is 5.91 Å². The molecule has 0 radical (unpaired) electrons. The summed E-state index contributed by atoms with van der Waals surface area (Å²) in [6, 6.07) is 28.5. The molecule has 1 saturated heterocycles. The lowest BCUT2D eigenvalue weighted by Crippen LogP contribution is -2.36. The van der Waals surface area contributed by atoms with Gasteiger partial charge >= 0.3 is 0 Å². The number of carbonyl (C=O) groups is 1. The minimum Gasteiger partial charge on any atom is -0.378 e. The second kappa shape index (κ2) is 9.39. The van der Waals surface area contributed by atoms with E-state index in [1.165, 1.54) is 11.1 Å². The van der Waals surface area contributed by atoms with E-state index in [-0.39, 0.29) is 11.8 Å². The van der Waals surface area contributed by atoms with Crippen LogP contribution in [0.3, 0.4) is 0 Å². The van der Waals surface area contributed by atoms with Gasteiger partial charge in [0.1, 0.15) is 0 Å². The largest absolute Gasteiger partial charge is 0.378 e.